The predicted octanol–water partition coefficient (Wildman–Crippen LogP) is 4.44. The smallest absolute Gasteiger partial charge is 0.382 e. The summed E-state index contributed by atoms with van der Waals surface area (Å²) in [7, 11) is 0. The lowest BCUT2D eigenvalue weighted by atomic mass is 9.85. The molecule has 0 amide bonds. The van der Waals surface area contributed by atoms with Crippen LogP contribution in [0.5, 0.6) is 0 Å². The average molecular weight is 302 g/mol. The molecule has 0 aromatic heterocycles. The Labute approximate surface area is 120 Å². The number of benzene rings is 1. The number of aryl methyl sites for hydroxylation is 1. The molecule has 1 aromatic rings. The summed E-state index contributed by atoms with van der Waals surface area (Å²) in [4.78, 5) is 10.3. The summed E-state index contributed by atoms with van der Waals surface area (Å²) in [5.41, 5.74) is 1.14. The molecule has 7 heteroatoms. The molecular weight excluding hydrogens is 285 g/mol. The van der Waals surface area contributed by atoms with Crippen LogP contribution >= 0.6 is 0 Å². The number of hydrogen-bond donors (Lipinski definition) is 1. The number of nitro groups is 1. The second-order valence-electron chi connectivity index (χ2n) is 5.50. The molecule has 2 rings (SSSR count). The lowest BCUT2D eigenvalue weighted by Crippen LogP contribution is -2.34. The summed E-state index contributed by atoms with van der Waals surface area (Å²) in [5.74, 6) is -1.26. The van der Waals surface area contributed by atoms with Gasteiger partial charge in [-0.25, -0.2) is 0 Å². The number of halogens is 3. The van der Waals surface area contributed by atoms with E-state index < -0.39 is 17.0 Å². The summed E-state index contributed by atoms with van der Waals surface area (Å²) < 4.78 is 38.3. The molecule has 0 aliphatic heterocycles. The molecule has 1 saturated carbocycles. The topological polar surface area (TPSA) is 55.2 Å². The lowest BCUT2D eigenvalue weighted by molar-refractivity contribution is -0.385. The van der Waals surface area contributed by atoms with Crippen molar-refractivity contribution in [2.45, 2.75) is 44.8 Å². The first-order valence-corrected chi connectivity index (χ1v) is 6.85. The Morgan fingerprint density at radius 2 is 2.05 bits per heavy atom. The quantitative estimate of drug-likeness (QED) is 0.663. The molecule has 21 heavy (non-hydrogen) atoms. The van der Waals surface area contributed by atoms with E-state index in [2.05, 4.69) is 5.32 Å². The maximum absolute atomic E-state index is 12.8. The van der Waals surface area contributed by atoms with Gasteiger partial charge in [0, 0.05) is 23.4 Å². The molecule has 0 spiro atoms. The van der Waals surface area contributed by atoms with Gasteiger partial charge in [-0.3, -0.25) is 10.1 Å². The van der Waals surface area contributed by atoms with Crippen molar-refractivity contribution in [2.24, 2.45) is 5.92 Å². The van der Waals surface area contributed by atoms with Gasteiger partial charge in [-0.15, -0.1) is 0 Å². The summed E-state index contributed by atoms with van der Waals surface area (Å²) >= 11 is 0. The van der Waals surface area contributed by atoms with Gasteiger partial charge in [0.25, 0.3) is 5.69 Å². The number of anilines is 1. The zero-order valence-electron chi connectivity index (χ0n) is 11.6. The standard InChI is InChI=1S/C14H17F3N2O2/c1-9-7-12(5-6-13(9)19(20)21)18-11-4-2-3-10(8-11)14(15,16)17/h5-7,10-11,18H,2-4,8H2,1H3. The highest BCUT2D eigenvalue weighted by molar-refractivity contribution is 5.54. The fourth-order valence-corrected chi connectivity index (χ4v) is 2.80. The summed E-state index contributed by atoms with van der Waals surface area (Å²) in [6.07, 6.45) is -2.69. The van der Waals surface area contributed by atoms with Crippen molar-refractivity contribution in [2.75, 3.05) is 5.32 Å². The van der Waals surface area contributed by atoms with E-state index in [1.54, 1.807) is 19.1 Å². The zero-order chi connectivity index (χ0) is 15.6. The third-order valence-corrected chi connectivity index (χ3v) is 3.90. The van der Waals surface area contributed by atoms with E-state index in [1.807, 2.05) is 0 Å². The molecule has 1 N–H and O–H groups in total. The van der Waals surface area contributed by atoms with Gasteiger partial charge >= 0.3 is 6.18 Å². The number of nitrogens with one attached hydrogen (secondary N) is 1. The van der Waals surface area contributed by atoms with E-state index in [9.17, 15) is 23.3 Å². The van der Waals surface area contributed by atoms with Crippen LogP contribution in [-0.4, -0.2) is 17.1 Å². The van der Waals surface area contributed by atoms with E-state index in [0.29, 0.717) is 24.1 Å². The Hall–Kier alpha value is -1.79. The van der Waals surface area contributed by atoms with Crippen molar-refractivity contribution in [3.63, 3.8) is 0 Å². The fraction of sp³-hybridized carbons (Fsp3) is 0.571. The molecule has 0 bridgehead atoms. The van der Waals surface area contributed by atoms with Crippen molar-refractivity contribution >= 4 is 11.4 Å². The minimum Gasteiger partial charge on any atom is -0.382 e. The van der Waals surface area contributed by atoms with Crippen LogP contribution in [0.25, 0.3) is 0 Å². The number of rotatable bonds is 3. The normalized spacial score (nSPS) is 22.9. The van der Waals surface area contributed by atoms with Crippen molar-refractivity contribution in [1.29, 1.82) is 0 Å². The van der Waals surface area contributed by atoms with Crippen molar-refractivity contribution < 1.29 is 18.1 Å². The number of nitrogens with zero attached hydrogens (tertiary/aromatic N) is 1. The third-order valence-electron chi connectivity index (χ3n) is 3.90. The molecule has 4 nitrogen and oxygen atoms in total. The maximum Gasteiger partial charge on any atom is 0.391 e. The highest BCUT2D eigenvalue weighted by Crippen LogP contribution is 2.38. The molecule has 116 valence electrons. The molecule has 0 radical (unpaired) electrons. The van der Waals surface area contributed by atoms with E-state index in [-0.39, 0.29) is 24.6 Å². The molecule has 1 aromatic carbocycles. The van der Waals surface area contributed by atoms with Crippen LogP contribution in [0.3, 0.4) is 0 Å². The lowest BCUT2D eigenvalue weighted by Gasteiger charge is -2.31. The molecule has 0 heterocycles. The van der Waals surface area contributed by atoms with Crippen LogP contribution in [-0.2, 0) is 0 Å². The Kier molecular flexibility index (Phi) is 4.39. The summed E-state index contributed by atoms with van der Waals surface area (Å²) in [6.45, 7) is 1.61. The van der Waals surface area contributed by atoms with Crippen molar-refractivity contribution in [1.82, 2.24) is 0 Å². The van der Waals surface area contributed by atoms with Gasteiger partial charge in [0.2, 0.25) is 0 Å². The molecule has 1 aliphatic carbocycles. The van der Waals surface area contributed by atoms with Crippen LogP contribution in [0.4, 0.5) is 24.5 Å². The zero-order valence-corrected chi connectivity index (χ0v) is 11.6. The number of hydrogen-bond acceptors (Lipinski definition) is 3. The second-order valence-corrected chi connectivity index (χ2v) is 5.50. The Morgan fingerprint density at radius 1 is 1.33 bits per heavy atom. The Balaban J connectivity index is 2.05. The van der Waals surface area contributed by atoms with Crippen LogP contribution in [0, 0.1) is 23.0 Å². The van der Waals surface area contributed by atoms with Crippen LogP contribution in [0.15, 0.2) is 18.2 Å². The van der Waals surface area contributed by atoms with Gasteiger partial charge in [0.05, 0.1) is 10.8 Å². The monoisotopic (exact) mass is 302 g/mol. The number of alkyl halides is 3. The Morgan fingerprint density at radius 3 is 2.62 bits per heavy atom. The summed E-state index contributed by atoms with van der Waals surface area (Å²) in [6, 6.07) is 4.28. The first kappa shape index (κ1) is 15.6. The molecular formula is C14H17F3N2O2. The van der Waals surface area contributed by atoms with E-state index in [0.717, 1.165) is 0 Å². The number of nitro benzene ring substituents is 1. The predicted molar refractivity (Wildman–Crippen MR) is 73.3 cm³/mol. The molecule has 0 saturated heterocycles. The molecule has 2 unspecified atom stereocenters. The second kappa shape index (κ2) is 5.91. The third kappa shape index (κ3) is 3.86. The molecule has 1 aliphatic rings. The van der Waals surface area contributed by atoms with Gasteiger partial charge in [0.15, 0.2) is 0 Å². The average Bonchev–Trinajstić information content (AvgIpc) is 2.37. The minimum absolute atomic E-state index is 0.0114. The van der Waals surface area contributed by atoms with E-state index in [1.165, 1.54) is 6.07 Å². The summed E-state index contributed by atoms with van der Waals surface area (Å²) in [5, 5.41) is 13.8. The van der Waals surface area contributed by atoms with Gasteiger partial charge < -0.3 is 5.32 Å². The van der Waals surface area contributed by atoms with Crippen LogP contribution in [0.2, 0.25) is 0 Å². The SMILES string of the molecule is Cc1cc(NC2CCCC(C(F)(F)F)C2)ccc1[N+](=O)[O-]. The van der Waals surface area contributed by atoms with Gasteiger partial charge in [0.1, 0.15) is 0 Å². The minimum atomic E-state index is -4.15. The van der Waals surface area contributed by atoms with E-state index in [4.69, 9.17) is 0 Å². The van der Waals surface area contributed by atoms with Gasteiger partial charge in [-0.1, -0.05) is 6.42 Å². The molecule has 1 fully saturated rings. The van der Waals surface area contributed by atoms with Gasteiger partial charge in [-0.2, -0.15) is 13.2 Å². The largest absolute Gasteiger partial charge is 0.391 e. The van der Waals surface area contributed by atoms with E-state index >= 15 is 0 Å². The maximum atomic E-state index is 12.8. The highest BCUT2D eigenvalue weighted by atomic mass is 19.4. The Bertz CT molecular complexity index is 531. The fourth-order valence-electron chi connectivity index (χ4n) is 2.80. The first-order chi connectivity index (χ1) is 9.77. The van der Waals surface area contributed by atoms with Crippen LogP contribution in [0.1, 0.15) is 31.2 Å². The van der Waals surface area contributed by atoms with Crippen LogP contribution < -0.4 is 5.32 Å². The first-order valence-electron chi connectivity index (χ1n) is 6.85. The van der Waals surface area contributed by atoms with Gasteiger partial charge in [-0.05, 0) is 38.3 Å². The highest BCUT2D eigenvalue weighted by Gasteiger charge is 2.42. The van der Waals surface area contributed by atoms with Crippen molar-refractivity contribution in [3.05, 3.63) is 33.9 Å². The van der Waals surface area contributed by atoms with Crippen molar-refractivity contribution in [3.8, 4) is 0 Å². The molecule has 2 atom stereocenters.